The van der Waals surface area contributed by atoms with Gasteiger partial charge in [-0.3, -0.25) is 0 Å². The third-order valence-corrected chi connectivity index (χ3v) is 11.9. The van der Waals surface area contributed by atoms with Crippen molar-refractivity contribution in [1.82, 2.24) is 9.13 Å². The van der Waals surface area contributed by atoms with Crippen molar-refractivity contribution in [2.75, 3.05) is 13.2 Å². The Balaban J connectivity index is 1.13. The highest BCUT2D eigenvalue weighted by Crippen LogP contribution is 2.53. The highest BCUT2D eigenvalue weighted by Gasteiger charge is 2.40. The van der Waals surface area contributed by atoms with E-state index in [-0.39, 0.29) is 10.8 Å². The summed E-state index contributed by atoms with van der Waals surface area (Å²) in [5, 5.41) is 5.20. The number of fused-ring (bicyclic) bond motifs is 9. The van der Waals surface area contributed by atoms with Crippen molar-refractivity contribution < 1.29 is 4.74 Å². The van der Waals surface area contributed by atoms with E-state index in [2.05, 4.69) is 157 Å². The average Bonchev–Trinajstić information content (AvgIpc) is 3.74. The summed E-state index contributed by atoms with van der Waals surface area (Å²) in [6, 6.07) is 48.1. The van der Waals surface area contributed by atoms with Crippen molar-refractivity contribution >= 4 is 43.6 Å². The molecule has 1 saturated heterocycles. The van der Waals surface area contributed by atoms with E-state index in [4.69, 9.17) is 4.74 Å². The number of ether oxygens (including phenoxy) is 1. The Morgan fingerprint density at radius 2 is 1.12 bits per heavy atom. The first-order chi connectivity index (χ1) is 24.0. The second-order valence-corrected chi connectivity index (χ2v) is 14.8. The molecule has 49 heavy (non-hydrogen) atoms. The molecule has 10 rings (SSSR count). The first kappa shape index (κ1) is 28.9. The standard InChI is InChI=1S/C46H40N2O/c1-4-46(5-2)39-15-9-6-12-33(39)34-21-20-32(26-40(34)46)48-43-17-11-8-14-36(43)38-25-31(19-23-44(38)48)30-18-22-42-37(24-30)35-13-7-10-16-41(35)47(42)27-45(3)28-49-29-45/h6-26H,4-5,27-29H2,1-3H3. The molecule has 6 aromatic carbocycles. The lowest BCUT2D eigenvalue weighted by Gasteiger charge is -2.38. The fourth-order valence-corrected chi connectivity index (χ4v) is 9.35. The molecule has 0 radical (unpaired) electrons. The quantitative estimate of drug-likeness (QED) is 0.178. The van der Waals surface area contributed by atoms with Gasteiger partial charge in [0.25, 0.3) is 0 Å². The van der Waals surface area contributed by atoms with Crippen LogP contribution in [0, 0.1) is 5.41 Å². The summed E-state index contributed by atoms with van der Waals surface area (Å²) < 4.78 is 10.6. The maximum absolute atomic E-state index is 5.62. The minimum Gasteiger partial charge on any atom is -0.380 e. The maximum Gasteiger partial charge on any atom is 0.0559 e. The van der Waals surface area contributed by atoms with E-state index in [9.17, 15) is 0 Å². The maximum atomic E-state index is 5.62. The summed E-state index contributed by atoms with van der Waals surface area (Å²) in [5.74, 6) is 0. The molecular weight excluding hydrogens is 597 g/mol. The molecule has 0 unspecified atom stereocenters. The molecule has 2 aromatic heterocycles. The van der Waals surface area contributed by atoms with E-state index in [0.29, 0.717) is 0 Å². The summed E-state index contributed by atoms with van der Waals surface area (Å²) in [4.78, 5) is 0. The Morgan fingerprint density at radius 3 is 1.84 bits per heavy atom. The smallest absolute Gasteiger partial charge is 0.0559 e. The van der Waals surface area contributed by atoms with E-state index >= 15 is 0 Å². The van der Waals surface area contributed by atoms with Crippen LogP contribution in [0.5, 0.6) is 0 Å². The van der Waals surface area contributed by atoms with Gasteiger partial charge in [0, 0.05) is 55.6 Å². The van der Waals surface area contributed by atoms with Crippen molar-refractivity contribution in [3.05, 3.63) is 139 Å². The zero-order chi connectivity index (χ0) is 32.9. The normalized spacial score (nSPS) is 16.0. The summed E-state index contributed by atoms with van der Waals surface area (Å²) in [6.45, 7) is 9.65. The van der Waals surface area contributed by atoms with Crippen molar-refractivity contribution in [3.8, 4) is 27.9 Å². The van der Waals surface area contributed by atoms with E-state index in [1.807, 2.05) is 0 Å². The van der Waals surface area contributed by atoms with Gasteiger partial charge in [-0.2, -0.15) is 0 Å². The Bertz CT molecular complexity index is 2610. The number of hydrogen-bond acceptors (Lipinski definition) is 1. The number of para-hydroxylation sites is 2. The van der Waals surface area contributed by atoms with E-state index in [0.717, 1.165) is 32.6 Å². The van der Waals surface area contributed by atoms with Gasteiger partial charge in [0.2, 0.25) is 0 Å². The Labute approximate surface area is 287 Å². The molecule has 0 N–H and O–H groups in total. The van der Waals surface area contributed by atoms with Gasteiger partial charge in [-0.1, -0.05) is 99.6 Å². The molecule has 240 valence electrons. The molecular formula is C46H40N2O. The second kappa shape index (κ2) is 10.4. The van der Waals surface area contributed by atoms with Crippen LogP contribution < -0.4 is 0 Å². The van der Waals surface area contributed by atoms with Crippen LogP contribution in [0.25, 0.3) is 71.6 Å². The van der Waals surface area contributed by atoms with Crippen LogP contribution in [-0.4, -0.2) is 22.3 Å². The fourth-order valence-electron chi connectivity index (χ4n) is 9.35. The van der Waals surface area contributed by atoms with Gasteiger partial charge < -0.3 is 13.9 Å². The highest BCUT2D eigenvalue weighted by atomic mass is 16.5. The predicted molar refractivity (Wildman–Crippen MR) is 205 cm³/mol. The van der Waals surface area contributed by atoms with Gasteiger partial charge in [-0.15, -0.1) is 0 Å². The van der Waals surface area contributed by atoms with Crippen molar-refractivity contribution in [1.29, 1.82) is 0 Å². The lowest BCUT2D eigenvalue weighted by molar-refractivity contribution is -0.109. The summed E-state index contributed by atoms with van der Waals surface area (Å²) in [6.07, 6.45) is 2.18. The SMILES string of the molecule is CCC1(CC)c2ccccc2-c2ccc(-n3c4ccccc4c4cc(-c5ccc6c(c5)c5ccccc5n6CC5(C)COC5)ccc43)cc21. The van der Waals surface area contributed by atoms with Gasteiger partial charge in [-0.25, -0.2) is 0 Å². The van der Waals surface area contributed by atoms with Crippen molar-refractivity contribution in [2.45, 2.75) is 45.6 Å². The van der Waals surface area contributed by atoms with Gasteiger partial charge >= 0.3 is 0 Å². The number of nitrogens with zero attached hydrogens (tertiary/aromatic N) is 2. The van der Waals surface area contributed by atoms with Crippen LogP contribution in [0.3, 0.4) is 0 Å². The second-order valence-electron chi connectivity index (χ2n) is 14.8. The molecule has 1 aliphatic carbocycles. The highest BCUT2D eigenvalue weighted by molar-refractivity contribution is 6.12. The van der Waals surface area contributed by atoms with Crippen LogP contribution in [0.15, 0.2) is 127 Å². The molecule has 3 heteroatoms. The number of rotatable bonds is 6. The zero-order valence-electron chi connectivity index (χ0n) is 28.5. The molecule has 0 amide bonds. The summed E-state index contributed by atoms with van der Waals surface area (Å²) in [7, 11) is 0. The molecule has 0 bridgehead atoms. The van der Waals surface area contributed by atoms with Crippen LogP contribution in [0.1, 0.15) is 44.7 Å². The van der Waals surface area contributed by atoms with Crippen LogP contribution in [0.4, 0.5) is 0 Å². The molecule has 3 nitrogen and oxygen atoms in total. The van der Waals surface area contributed by atoms with E-state index in [1.54, 1.807) is 0 Å². The molecule has 0 spiro atoms. The lowest BCUT2D eigenvalue weighted by atomic mass is 9.74. The third-order valence-electron chi connectivity index (χ3n) is 11.9. The van der Waals surface area contributed by atoms with Gasteiger partial charge in [0.1, 0.15) is 0 Å². The topological polar surface area (TPSA) is 19.1 Å². The van der Waals surface area contributed by atoms with Crippen molar-refractivity contribution in [2.24, 2.45) is 5.41 Å². The summed E-state index contributed by atoms with van der Waals surface area (Å²) in [5.41, 5.74) is 14.8. The van der Waals surface area contributed by atoms with E-state index in [1.165, 1.54) is 82.7 Å². The third kappa shape index (κ3) is 4.00. The number of aromatic nitrogens is 2. The average molecular weight is 637 g/mol. The minimum atomic E-state index is 0.0407. The van der Waals surface area contributed by atoms with Crippen molar-refractivity contribution in [3.63, 3.8) is 0 Å². The summed E-state index contributed by atoms with van der Waals surface area (Å²) >= 11 is 0. The fraction of sp³-hybridized carbons (Fsp3) is 0.217. The monoisotopic (exact) mass is 636 g/mol. The predicted octanol–water partition coefficient (Wildman–Crippen LogP) is 11.7. The van der Waals surface area contributed by atoms with Gasteiger partial charge in [0.05, 0.1) is 24.2 Å². The molecule has 3 heterocycles. The lowest BCUT2D eigenvalue weighted by Crippen LogP contribution is -2.43. The van der Waals surface area contributed by atoms with Crippen LogP contribution in [-0.2, 0) is 16.7 Å². The largest absolute Gasteiger partial charge is 0.380 e. The molecule has 1 fully saturated rings. The molecule has 2 aliphatic rings. The minimum absolute atomic E-state index is 0.0407. The molecule has 0 saturated carbocycles. The first-order valence-corrected chi connectivity index (χ1v) is 17.9. The van der Waals surface area contributed by atoms with Gasteiger partial charge in [-0.05, 0) is 94.8 Å². The number of hydrogen-bond donors (Lipinski definition) is 0. The van der Waals surface area contributed by atoms with Crippen LogP contribution in [0.2, 0.25) is 0 Å². The van der Waals surface area contributed by atoms with Gasteiger partial charge in [0.15, 0.2) is 0 Å². The Hall–Kier alpha value is -5.12. The number of benzene rings is 6. The van der Waals surface area contributed by atoms with E-state index < -0.39 is 0 Å². The van der Waals surface area contributed by atoms with Crippen LogP contribution >= 0.6 is 0 Å². The molecule has 1 aliphatic heterocycles. The molecule has 0 atom stereocenters. The first-order valence-electron chi connectivity index (χ1n) is 17.9. The Kier molecular flexibility index (Phi) is 6.15. The Morgan fingerprint density at radius 1 is 0.551 bits per heavy atom. The molecule has 8 aromatic rings. The zero-order valence-corrected chi connectivity index (χ0v) is 28.5.